The Labute approximate surface area is 161 Å². The van der Waals surface area contributed by atoms with Gasteiger partial charge in [0.2, 0.25) is 0 Å². The van der Waals surface area contributed by atoms with Gasteiger partial charge in [0.25, 0.3) is 0 Å². The largest absolute Gasteiger partial charge is 0.356 e. The number of hydrogen-bond acceptors (Lipinski definition) is 3. The van der Waals surface area contributed by atoms with Gasteiger partial charge in [0.1, 0.15) is 12.2 Å². The number of aliphatic imine (C=N–C) groups is 1. The molecule has 7 heteroatoms. The van der Waals surface area contributed by atoms with Crippen LogP contribution >= 0.6 is 24.0 Å². The highest BCUT2D eigenvalue weighted by molar-refractivity contribution is 14.0. The predicted molar refractivity (Wildman–Crippen MR) is 109 cm³/mol. The van der Waals surface area contributed by atoms with Gasteiger partial charge >= 0.3 is 0 Å². The van der Waals surface area contributed by atoms with Gasteiger partial charge in [-0.3, -0.25) is 9.67 Å². The molecule has 1 atom stereocenters. The number of hydrogen-bond donors (Lipinski definition) is 1. The number of nitrogens with zero attached hydrogens (tertiary/aromatic N) is 5. The van der Waals surface area contributed by atoms with E-state index in [0.717, 1.165) is 18.3 Å². The number of guanidine groups is 1. The Hall–Kier alpha value is -1.64. The Morgan fingerprint density at radius 2 is 2.00 bits per heavy atom. The molecular weight excluding hydrogens is 415 g/mol. The Balaban J connectivity index is 0.00000288. The van der Waals surface area contributed by atoms with E-state index in [1.165, 1.54) is 11.1 Å². The van der Waals surface area contributed by atoms with Crippen molar-refractivity contribution < 1.29 is 0 Å². The zero-order valence-electron chi connectivity index (χ0n) is 15.0. The van der Waals surface area contributed by atoms with Crippen molar-refractivity contribution in [3.05, 3.63) is 47.5 Å². The topological polar surface area (TPSA) is 58.3 Å². The number of nitrogens with one attached hydrogen (secondary N) is 1. The lowest BCUT2D eigenvalue weighted by Gasteiger charge is -2.23. The van der Waals surface area contributed by atoms with E-state index < -0.39 is 0 Å². The quantitative estimate of drug-likeness (QED) is 0.440. The molecule has 24 heavy (non-hydrogen) atoms. The fraction of sp³-hybridized carbons (Fsp3) is 0.471. The summed E-state index contributed by atoms with van der Waals surface area (Å²) >= 11 is 0. The molecule has 0 spiro atoms. The lowest BCUT2D eigenvalue weighted by atomic mass is 10.0. The second kappa shape index (κ2) is 9.61. The lowest BCUT2D eigenvalue weighted by Crippen LogP contribution is -2.40. The van der Waals surface area contributed by atoms with Gasteiger partial charge in [0.05, 0.1) is 6.54 Å². The molecule has 1 unspecified atom stereocenters. The highest BCUT2D eigenvalue weighted by Gasteiger charge is 2.12. The zero-order valence-corrected chi connectivity index (χ0v) is 17.4. The van der Waals surface area contributed by atoms with E-state index in [-0.39, 0.29) is 24.0 Å². The van der Waals surface area contributed by atoms with Crippen LogP contribution in [0.25, 0.3) is 0 Å². The van der Waals surface area contributed by atoms with Crippen LogP contribution < -0.4 is 5.32 Å². The molecule has 132 valence electrons. The number of halogens is 1. The first-order chi connectivity index (χ1) is 11.0. The fourth-order valence-corrected chi connectivity index (χ4v) is 2.39. The minimum atomic E-state index is 0. The third-order valence-corrected chi connectivity index (χ3v) is 3.97. The van der Waals surface area contributed by atoms with E-state index >= 15 is 0 Å². The maximum absolute atomic E-state index is 4.35. The van der Waals surface area contributed by atoms with Crippen molar-refractivity contribution in [1.29, 1.82) is 0 Å². The van der Waals surface area contributed by atoms with Gasteiger partial charge in [-0.05, 0) is 18.4 Å². The minimum absolute atomic E-state index is 0. The summed E-state index contributed by atoms with van der Waals surface area (Å²) in [6, 6.07) is 8.68. The van der Waals surface area contributed by atoms with E-state index in [0.29, 0.717) is 12.5 Å². The smallest absolute Gasteiger partial charge is 0.193 e. The summed E-state index contributed by atoms with van der Waals surface area (Å²) in [6.45, 7) is 5.82. The Morgan fingerprint density at radius 3 is 2.54 bits per heavy atom. The van der Waals surface area contributed by atoms with Crippen LogP contribution in [0.3, 0.4) is 0 Å². The lowest BCUT2D eigenvalue weighted by molar-refractivity contribution is 0.446. The number of aromatic nitrogens is 3. The van der Waals surface area contributed by atoms with Crippen molar-refractivity contribution in [3.8, 4) is 0 Å². The number of benzene rings is 1. The van der Waals surface area contributed by atoms with Crippen molar-refractivity contribution in [3.63, 3.8) is 0 Å². The van der Waals surface area contributed by atoms with E-state index in [4.69, 9.17) is 0 Å². The number of rotatable bonds is 5. The summed E-state index contributed by atoms with van der Waals surface area (Å²) in [5.41, 5.74) is 2.61. The molecule has 1 heterocycles. The van der Waals surface area contributed by atoms with Gasteiger partial charge in [-0.25, -0.2) is 4.98 Å². The third kappa shape index (κ3) is 5.47. The van der Waals surface area contributed by atoms with Crippen molar-refractivity contribution in [2.24, 2.45) is 12.0 Å². The van der Waals surface area contributed by atoms with Gasteiger partial charge in [-0.1, -0.05) is 36.8 Å². The van der Waals surface area contributed by atoms with Crippen LogP contribution in [-0.4, -0.2) is 46.3 Å². The second-order valence-corrected chi connectivity index (χ2v) is 5.90. The molecule has 2 aromatic rings. The average molecular weight is 442 g/mol. The average Bonchev–Trinajstić information content (AvgIpc) is 2.93. The highest BCUT2D eigenvalue weighted by Crippen LogP contribution is 2.14. The summed E-state index contributed by atoms with van der Waals surface area (Å²) in [6.07, 6.45) is 1.57. The summed E-state index contributed by atoms with van der Waals surface area (Å²) in [5, 5.41) is 7.53. The van der Waals surface area contributed by atoms with E-state index in [9.17, 15) is 0 Å². The van der Waals surface area contributed by atoms with Crippen LogP contribution in [0.1, 0.15) is 29.8 Å². The van der Waals surface area contributed by atoms with E-state index in [1.807, 2.05) is 19.0 Å². The Bertz CT molecular complexity index is 649. The van der Waals surface area contributed by atoms with Crippen molar-refractivity contribution >= 4 is 29.9 Å². The van der Waals surface area contributed by atoms with Crippen LogP contribution in [0.2, 0.25) is 0 Å². The minimum Gasteiger partial charge on any atom is -0.356 e. The van der Waals surface area contributed by atoms with Crippen molar-refractivity contribution in [2.75, 3.05) is 20.6 Å². The first kappa shape index (κ1) is 20.4. The predicted octanol–water partition coefficient (Wildman–Crippen LogP) is 2.55. The molecule has 0 saturated carbocycles. The first-order valence-corrected chi connectivity index (χ1v) is 7.82. The summed E-state index contributed by atoms with van der Waals surface area (Å²) < 4.78 is 1.78. The molecule has 0 fully saturated rings. The van der Waals surface area contributed by atoms with E-state index in [1.54, 1.807) is 18.1 Å². The first-order valence-electron chi connectivity index (χ1n) is 7.82. The monoisotopic (exact) mass is 442 g/mol. The van der Waals surface area contributed by atoms with Crippen LogP contribution in [0.15, 0.2) is 35.6 Å². The summed E-state index contributed by atoms with van der Waals surface area (Å²) in [7, 11) is 5.69. The molecule has 0 amide bonds. The van der Waals surface area contributed by atoms with Crippen LogP contribution in [0, 0.1) is 6.92 Å². The van der Waals surface area contributed by atoms with Gasteiger partial charge in [0, 0.05) is 27.7 Å². The molecule has 1 N–H and O–H groups in total. The highest BCUT2D eigenvalue weighted by atomic mass is 127. The molecule has 1 aromatic carbocycles. The second-order valence-electron chi connectivity index (χ2n) is 5.90. The van der Waals surface area contributed by atoms with Gasteiger partial charge in [-0.15, -0.1) is 24.0 Å². The van der Waals surface area contributed by atoms with Gasteiger partial charge in [0.15, 0.2) is 5.96 Å². The Kier molecular flexibility index (Phi) is 8.17. The summed E-state index contributed by atoms with van der Waals surface area (Å²) in [5.74, 6) is 2.17. The van der Waals surface area contributed by atoms with Gasteiger partial charge in [-0.2, -0.15) is 5.10 Å². The maximum atomic E-state index is 4.35. The number of aryl methyl sites for hydroxylation is 2. The van der Waals surface area contributed by atoms with E-state index in [2.05, 4.69) is 58.5 Å². The molecule has 0 bridgehead atoms. The SMILES string of the molecule is CN=C(NCC(C)c1ccc(C)cc1)N(C)Cc1ncnn1C.I. The van der Waals surface area contributed by atoms with Crippen LogP contribution in [0.5, 0.6) is 0 Å². The van der Waals surface area contributed by atoms with Crippen LogP contribution in [0.4, 0.5) is 0 Å². The molecule has 0 saturated heterocycles. The van der Waals surface area contributed by atoms with Crippen LogP contribution in [-0.2, 0) is 13.6 Å². The standard InChI is InChI=1S/C17H26N6.HI/c1-13-6-8-15(9-7-13)14(2)10-19-17(18-3)22(4)11-16-20-12-21-23(16)5;/h6-9,12,14H,10-11H2,1-5H3,(H,18,19);1H. The molecule has 2 rings (SSSR count). The molecule has 0 radical (unpaired) electrons. The van der Waals surface area contributed by atoms with Crippen molar-refractivity contribution in [2.45, 2.75) is 26.3 Å². The Morgan fingerprint density at radius 1 is 1.33 bits per heavy atom. The molecule has 1 aromatic heterocycles. The molecule has 0 aliphatic rings. The molecule has 6 nitrogen and oxygen atoms in total. The molecular formula is C17H27IN6. The van der Waals surface area contributed by atoms with Crippen molar-refractivity contribution in [1.82, 2.24) is 25.0 Å². The molecule has 0 aliphatic carbocycles. The zero-order chi connectivity index (χ0) is 16.8. The normalized spacial score (nSPS) is 12.5. The fourth-order valence-electron chi connectivity index (χ4n) is 2.39. The maximum Gasteiger partial charge on any atom is 0.193 e. The summed E-state index contributed by atoms with van der Waals surface area (Å²) in [4.78, 5) is 10.7. The third-order valence-electron chi connectivity index (χ3n) is 3.97. The van der Waals surface area contributed by atoms with Gasteiger partial charge < -0.3 is 10.2 Å². The molecule has 0 aliphatic heterocycles.